The quantitative estimate of drug-likeness (QED) is 0.212. The number of ketones is 1. The molecular weight excluding hydrogens is 456 g/mol. The minimum absolute atomic E-state index is 0.00300. The van der Waals surface area contributed by atoms with Crippen molar-refractivity contribution in [1.82, 2.24) is 4.98 Å². The molecule has 1 aliphatic rings. The Labute approximate surface area is 208 Å². The highest BCUT2D eigenvalue weighted by Crippen LogP contribution is 2.45. The largest absolute Gasteiger partial charge is 0.507 e. The van der Waals surface area contributed by atoms with E-state index in [-0.39, 0.29) is 17.4 Å². The van der Waals surface area contributed by atoms with Crippen LogP contribution < -0.4 is 14.4 Å². The van der Waals surface area contributed by atoms with E-state index in [0.717, 1.165) is 10.9 Å². The summed E-state index contributed by atoms with van der Waals surface area (Å²) in [6.07, 6.45) is 1.64. The summed E-state index contributed by atoms with van der Waals surface area (Å²) in [6.45, 7) is 3.86. The molecule has 4 aromatic rings. The third-order valence-corrected chi connectivity index (χ3v) is 6.21. The van der Waals surface area contributed by atoms with Gasteiger partial charge in [0.15, 0.2) is 0 Å². The monoisotopic (exact) mass is 482 g/mol. The molecule has 0 radical (unpaired) electrons. The van der Waals surface area contributed by atoms with Crippen LogP contribution in [-0.2, 0) is 9.59 Å². The number of ether oxygens (including phenoxy) is 2. The van der Waals surface area contributed by atoms with Crippen molar-refractivity contribution in [3.05, 3.63) is 95.7 Å². The van der Waals surface area contributed by atoms with Gasteiger partial charge in [-0.3, -0.25) is 14.5 Å². The van der Waals surface area contributed by atoms with Gasteiger partial charge in [-0.1, -0.05) is 36.4 Å². The number of H-pyrrole nitrogens is 1. The average Bonchev–Trinajstić information content (AvgIpc) is 3.43. The molecule has 1 amide bonds. The summed E-state index contributed by atoms with van der Waals surface area (Å²) in [6, 6.07) is 20.7. The van der Waals surface area contributed by atoms with Crippen molar-refractivity contribution in [2.24, 2.45) is 0 Å². The Morgan fingerprint density at radius 3 is 2.39 bits per heavy atom. The zero-order valence-corrected chi connectivity index (χ0v) is 20.2. The Hall–Kier alpha value is -4.52. The van der Waals surface area contributed by atoms with Gasteiger partial charge in [-0.15, -0.1) is 0 Å². The van der Waals surface area contributed by atoms with Gasteiger partial charge in [0, 0.05) is 33.9 Å². The van der Waals surface area contributed by atoms with Gasteiger partial charge in [0.05, 0.1) is 24.8 Å². The number of anilines is 1. The maximum atomic E-state index is 13.5. The zero-order chi connectivity index (χ0) is 25.4. The van der Waals surface area contributed by atoms with Gasteiger partial charge in [-0.2, -0.15) is 0 Å². The van der Waals surface area contributed by atoms with Crippen LogP contribution in [0.15, 0.2) is 84.6 Å². The van der Waals surface area contributed by atoms with Gasteiger partial charge in [-0.05, 0) is 50.2 Å². The molecule has 1 atom stereocenters. The summed E-state index contributed by atoms with van der Waals surface area (Å²) >= 11 is 0. The number of benzene rings is 3. The van der Waals surface area contributed by atoms with Crippen molar-refractivity contribution in [3.8, 4) is 11.5 Å². The number of Topliss-reactive ketones (excluding diaryl/α,β-unsaturated/α-hetero) is 1. The molecule has 0 aliphatic carbocycles. The maximum absolute atomic E-state index is 13.5. The molecule has 1 aliphatic heterocycles. The minimum Gasteiger partial charge on any atom is -0.507 e. The second-order valence-corrected chi connectivity index (χ2v) is 8.82. The van der Waals surface area contributed by atoms with Gasteiger partial charge in [0.25, 0.3) is 11.7 Å². The first kappa shape index (κ1) is 23.2. The lowest BCUT2D eigenvalue weighted by Crippen LogP contribution is -2.29. The summed E-state index contributed by atoms with van der Waals surface area (Å²) in [7, 11) is 1.53. The number of para-hydroxylation sites is 2. The Morgan fingerprint density at radius 1 is 0.972 bits per heavy atom. The molecule has 5 rings (SSSR count). The highest BCUT2D eigenvalue weighted by atomic mass is 16.5. The SMILES string of the molecule is COc1ccccc1C1/C(=C(\O)c2c[nH]c3ccccc23)C(=O)C(=O)N1c1ccc(OC(C)C)cc1. The Morgan fingerprint density at radius 2 is 1.67 bits per heavy atom. The van der Waals surface area contributed by atoms with Crippen molar-refractivity contribution in [3.63, 3.8) is 0 Å². The summed E-state index contributed by atoms with van der Waals surface area (Å²) in [5.41, 5.74) is 2.34. The third kappa shape index (κ3) is 3.88. The van der Waals surface area contributed by atoms with Crippen LogP contribution in [0.2, 0.25) is 0 Å². The first-order valence-electron chi connectivity index (χ1n) is 11.7. The van der Waals surface area contributed by atoms with Crippen LogP contribution in [0.4, 0.5) is 5.69 Å². The highest BCUT2D eigenvalue weighted by molar-refractivity contribution is 6.51. The van der Waals surface area contributed by atoms with Crippen LogP contribution in [0, 0.1) is 0 Å². The van der Waals surface area contributed by atoms with E-state index in [1.807, 2.05) is 50.2 Å². The Kier molecular flexibility index (Phi) is 5.98. The molecular formula is C29H26N2O5. The predicted octanol–water partition coefficient (Wildman–Crippen LogP) is 5.59. The van der Waals surface area contributed by atoms with E-state index < -0.39 is 17.7 Å². The van der Waals surface area contributed by atoms with Gasteiger partial charge in [-0.25, -0.2) is 0 Å². The predicted molar refractivity (Wildman–Crippen MR) is 138 cm³/mol. The molecule has 1 aromatic heterocycles. The van der Waals surface area contributed by atoms with E-state index in [4.69, 9.17) is 9.47 Å². The van der Waals surface area contributed by atoms with Crippen LogP contribution in [0.3, 0.4) is 0 Å². The number of nitrogens with zero attached hydrogens (tertiary/aromatic N) is 1. The van der Waals surface area contributed by atoms with E-state index in [9.17, 15) is 14.7 Å². The van der Waals surface area contributed by atoms with E-state index in [1.165, 1.54) is 12.0 Å². The number of hydrogen-bond donors (Lipinski definition) is 2. The van der Waals surface area contributed by atoms with Crippen molar-refractivity contribution in [2.45, 2.75) is 26.0 Å². The first-order valence-corrected chi connectivity index (χ1v) is 11.7. The Balaban J connectivity index is 1.71. The fourth-order valence-corrected chi connectivity index (χ4v) is 4.66. The normalized spacial score (nSPS) is 17.2. The van der Waals surface area contributed by atoms with Crippen molar-refractivity contribution in [1.29, 1.82) is 0 Å². The summed E-state index contributed by atoms with van der Waals surface area (Å²) < 4.78 is 11.3. The fourth-order valence-electron chi connectivity index (χ4n) is 4.66. The smallest absolute Gasteiger partial charge is 0.300 e. The average molecular weight is 483 g/mol. The number of methoxy groups -OCH3 is 1. The molecule has 3 aromatic carbocycles. The van der Waals surface area contributed by atoms with E-state index in [1.54, 1.807) is 42.6 Å². The zero-order valence-electron chi connectivity index (χ0n) is 20.2. The topological polar surface area (TPSA) is 91.9 Å². The fraction of sp³-hybridized carbons (Fsp3) is 0.172. The summed E-state index contributed by atoms with van der Waals surface area (Å²) in [4.78, 5) is 31.4. The van der Waals surface area contributed by atoms with Gasteiger partial charge >= 0.3 is 0 Å². The number of aliphatic hydroxyl groups is 1. The third-order valence-electron chi connectivity index (χ3n) is 6.21. The molecule has 36 heavy (non-hydrogen) atoms. The van der Waals surface area contributed by atoms with Gasteiger partial charge in [0.2, 0.25) is 0 Å². The van der Waals surface area contributed by atoms with Crippen molar-refractivity contribution >= 4 is 34.0 Å². The molecule has 0 bridgehead atoms. The van der Waals surface area contributed by atoms with Gasteiger partial charge in [0.1, 0.15) is 17.3 Å². The van der Waals surface area contributed by atoms with Crippen LogP contribution in [0.1, 0.15) is 31.0 Å². The van der Waals surface area contributed by atoms with E-state index in [0.29, 0.717) is 28.3 Å². The number of amides is 1. The summed E-state index contributed by atoms with van der Waals surface area (Å²) in [5, 5.41) is 12.2. The molecule has 2 heterocycles. The van der Waals surface area contributed by atoms with Gasteiger partial charge < -0.3 is 19.6 Å². The number of hydrogen-bond acceptors (Lipinski definition) is 5. The summed E-state index contributed by atoms with van der Waals surface area (Å²) in [5.74, 6) is -0.595. The van der Waals surface area contributed by atoms with Crippen molar-refractivity contribution in [2.75, 3.05) is 12.0 Å². The second kappa shape index (κ2) is 9.26. The Bertz CT molecular complexity index is 1480. The lowest BCUT2D eigenvalue weighted by atomic mass is 9.94. The number of aromatic amines is 1. The molecule has 1 unspecified atom stereocenters. The number of carbonyl (C=O) groups excluding carboxylic acids is 2. The number of nitrogens with one attached hydrogen (secondary N) is 1. The lowest BCUT2D eigenvalue weighted by molar-refractivity contribution is -0.132. The van der Waals surface area contributed by atoms with E-state index >= 15 is 0 Å². The number of aliphatic hydroxyl groups excluding tert-OH is 1. The number of carbonyl (C=O) groups is 2. The van der Waals surface area contributed by atoms with Crippen LogP contribution in [0.25, 0.3) is 16.7 Å². The lowest BCUT2D eigenvalue weighted by Gasteiger charge is -2.26. The molecule has 0 saturated carbocycles. The molecule has 1 saturated heterocycles. The minimum atomic E-state index is -0.897. The molecule has 2 N–H and O–H groups in total. The van der Waals surface area contributed by atoms with Crippen LogP contribution in [-0.4, -0.2) is 35.0 Å². The first-order chi connectivity index (χ1) is 17.4. The van der Waals surface area contributed by atoms with Crippen LogP contribution in [0.5, 0.6) is 11.5 Å². The maximum Gasteiger partial charge on any atom is 0.300 e. The van der Waals surface area contributed by atoms with Crippen molar-refractivity contribution < 1.29 is 24.2 Å². The molecule has 7 nitrogen and oxygen atoms in total. The number of aromatic nitrogens is 1. The standard InChI is InChI=1S/C29H26N2O5/c1-17(2)36-19-14-12-18(13-15-19)31-26(21-9-5-7-11-24(21)35-3)25(28(33)29(31)34)27(32)22-16-30-23-10-6-4-8-20(22)23/h4-17,26,30,32H,1-3H3/b27-25+. The number of rotatable bonds is 6. The molecule has 0 spiro atoms. The molecule has 182 valence electrons. The molecule has 7 heteroatoms. The van der Waals surface area contributed by atoms with Crippen LogP contribution >= 0.6 is 0 Å². The number of fused-ring (bicyclic) bond motifs is 1. The highest BCUT2D eigenvalue weighted by Gasteiger charge is 2.48. The van der Waals surface area contributed by atoms with E-state index in [2.05, 4.69) is 4.98 Å². The molecule has 1 fully saturated rings. The second-order valence-electron chi connectivity index (χ2n) is 8.82.